The Morgan fingerprint density at radius 1 is 1.58 bits per heavy atom. The van der Waals surface area contributed by atoms with Crippen LogP contribution in [0.15, 0.2) is 20.0 Å². The van der Waals surface area contributed by atoms with Gasteiger partial charge in [0.1, 0.15) is 10.7 Å². The van der Waals surface area contributed by atoms with Crippen LogP contribution in [0.3, 0.4) is 0 Å². The van der Waals surface area contributed by atoms with Gasteiger partial charge in [-0.2, -0.15) is 0 Å². The molecule has 0 spiro atoms. The van der Waals surface area contributed by atoms with Crippen molar-refractivity contribution in [1.29, 1.82) is 0 Å². The van der Waals surface area contributed by atoms with Gasteiger partial charge in [-0.1, -0.05) is 19.8 Å². The van der Waals surface area contributed by atoms with Crippen molar-refractivity contribution in [2.75, 3.05) is 0 Å². The molecule has 1 aromatic rings. The summed E-state index contributed by atoms with van der Waals surface area (Å²) in [6.07, 6.45) is 4.12. The van der Waals surface area contributed by atoms with Crippen molar-refractivity contribution in [3.05, 3.63) is 16.5 Å². The van der Waals surface area contributed by atoms with Crippen LogP contribution in [-0.2, 0) is 16.6 Å². The predicted molar refractivity (Wildman–Crippen MR) is 76.0 cm³/mol. The molecule has 1 heterocycles. The van der Waals surface area contributed by atoms with Gasteiger partial charge in [0, 0.05) is 12.1 Å². The highest BCUT2D eigenvalue weighted by molar-refractivity contribution is 9.10. The quantitative estimate of drug-likeness (QED) is 0.790. The fourth-order valence-electron chi connectivity index (χ4n) is 2.02. The van der Waals surface area contributed by atoms with Crippen LogP contribution >= 0.6 is 15.9 Å². The van der Waals surface area contributed by atoms with Gasteiger partial charge in [-0.3, -0.25) is 0 Å². The molecule has 1 fully saturated rings. The Balaban J connectivity index is 2.13. The van der Waals surface area contributed by atoms with Crippen molar-refractivity contribution in [2.24, 2.45) is 11.7 Å². The summed E-state index contributed by atoms with van der Waals surface area (Å²) in [6.45, 7) is 2.17. The molecule has 3 N–H and O–H groups in total. The van der Waals surface area contributed by atoms with Crippen LogP contribution in [0.5, 0.6) is 0 Å². The molecular weight excluding hydrogens is 332 g/mol. The van der Waals surface area contributed by atoms with Gasteiger partial charge >= 0.3 is 0 Å². The first-order valence-electron chi connectivity index (χ1n) is 6.46. The molecule has 1 unspecified atom stereocenters. The van der Waals surface area contributed by atoms with Gasteiger partial charge in [0.2, 0.25) is 10.0 Å². The third kappa shape index (κ3) is 3.81. The molecule has 0 bridgehead atoms. The smallest absolute Gasteiger partial charge is 0.245 e. The first kappa shape index (κ1) is 15.0. The number of nitrogens with one attached hydrogen (secondary N) is 1. The third-order valence-electron chi connectivity index (χ3n) is 3.33. The van der Waals surface area contributed by atoms with E-state index in [0.29, 0.717) is 11.7 Å². The molecule has 108 valence electrons. The van der Waals surface area contributed by atoms with Crippen LogP contribution in [0.4, 0.5) is 0 Å². The van der Waals surface area contributed by atoms with Crippen molar-refractivity contribution in [3.8, 4) is 0 Å². The lowest BCUT2D eigenvalue weighted by Gasteiger charge is -2.16. The highest BCUT2D eigenvalue weighted by Crippen LogP contribution is 2.34. The lowest BCUT2D eigenvalue weighted by molar-refractivity contribution is 0.478. The van der Waals surface area contributed by atoms with Crippen LogP contribution in [0, 0.1) is 5.92 Å². The van der Waals surface area contributed by atoms with Crippen molar-refractivity contribution in [3.63, 3.8) is 0 Å². The zero-order valence-electron chi connectivity index (χ0n) is 10.9. The van der Waals surface area contributed by atoms with E-state index in [1.807, 2.05) is 6.92 Å². The lowest BCUT2D eigenvalue weighted by atomic mass is 10.1. The second kappa shape index (κ2) is 5.95. The summed E-state index contributed by atoms with van der Waals surface area (Å²) < 4.78 is 32.8. The van der Waals surface area contributed by atoms with Gasteiger partial charge in [-0.05, 0) is 34.7 Å². The number of furan rings is 1. The SMILES string of the molecule is CCC(CC1CC1)NS(=O)(=O)c1cc(CN)oc1Br. The molecule has 7 heteroatoms. The van der Waals surface area contributed by atoms with E-state index in [9.17, 15) is 8.42 Å². The number of halogens is 1. The predicted octanol–water partition coefficient (Wildman–Crippen LogP) is 2.36. The van der Waals surface area contributed by atoms with Gasteiger partial charge in [-0.25, -0.2) is 13.1 Å². The van der Waals surface area contributed by atoms with E-state index >= 15 is 0 Å². The minimum atomic E-state index is -3.56. The summed E-state index contributed by atoms with van der Waals surface area (Å²) in [6, 6.07) is 1.46. The van der Waals surface area contributed by atoms with E-state index in [2.05, 4.69) is 20.7 Å². The average molecular weight is 351 g/mol. The summed E-state index contributed by atoms with van der Waals surface area (Å²) in [4.78, 5) is 0.127. The fraction of sp³-hybridized carbons (Fsp3) is 0.667. The normalized spacial score (nSPS) is 17.6. The molecule has 1 aromatic heterocycles. The summed E-state index contributed by atoms with van der Waals surface area (Å²) in [7, 11) is -3.56. The minimum absolute atomic E-state index is 0.0133. The maximum Gasteiger partial charge on any atom is 0.245 e. The number of hydrogen-bond acceptors (Lipinski definition) is 4. The molecule has 1 aliphatic carbocycles. The highest BCUT2D eigenvalue weighted by atomic mass is 79.9. The monoisotopic (exact) mass is 350 g/mol. The molecule has 1 atom stereocenters. The maximum absolute atomic E-state index is 12.3. The van der Waals surface area contributed by atoms with Gasteiger partial charge in [0.15, 0.2) is 4.67 Å². The Kier molecular flexibility index (Phi) is 4.70. The van der Waals surface area contributed by atoms with Crippen LogP contribution in [0.2, 0.25) is 0 Å². The molecule has 5 nitrogen and oxygen atoms in total. The second-order valence-corrected chi connectivity index (χ2v) is 7.36. The molecule has 0 aromatic carbocycles. The number of rotatable bonds is 7. The minimum Gasteiger partial charge on any atom is -0.452 e. The average Bonchev–Trinajstić information content (AvgIpc) is 3.08. The van der Waals surface area contributed by atoms with Gasteiger partial charge in [0.25, 0.3) is 0 Å². The van der Waals surface area contributed by atoms with Crippen molar-refractivity contribution in [1.82, 2.24) is 4.72 Å². The zero-order valence-corrected chi connectivity index (χ0v) is 13.3. The first-order valence-corrected chi connectivity index (χ1v) is 8.74. The second-order valence-electron chi connectivity index (χ2n) is 4.96. The van der Waals surface area contributed by atoms with Gasteiger partial charge in [0.05, 0.1) is 6.54 Å². The topological polar surface area (TPSA) is 85.3 Å². The van der Waals surface area contributed by atoms with E-state index in [1.165, 1.54) is 18.9 Å². The first-order chi connectivity index (χ1) is 8.96. The van der Waals surface area contributed by atoms with Crippen molar-refractivity contribution in [2.45, 2.75) is 50.1 Å². The molecule has 0 amide bonds. The summed E-state index contributed by atoms with van der Waals surface area (Å²) in [5.41, 5.74) is 5.45. The van der Waals surface area contributed by atoms with Crippen LogP contribution in [-0.4, -0.2) is 14.5 Å². The van der Waals surface area contributed by atoms with E-state index < -0.39 is 10.0 Å². The van der Waals surface area contributed by atoms with Crippen molar-refractivity contribution >= 4 is 26.0 Å². The summed E-state index contributed by atoms with van der Waals surface area (Å²) >= 11 is 3.13. The summed E-state index contributed by atoms with van der Waals surface area (Å²) in [5, 5.41) is 0. The van der Waals surface area contributed by atoms with Gasteiger partial charge < -0.3 is 10.2 Å². The van der Waals surface area contributed by atoms with E-state index in [-0.39, 0.29) is 22.2 Å². The van der Waals surface area contributed by atoms with E-state index in [0.717, 1.165) is 12.8 Å². The molecule has 0 aliphatic heterocycles. The largest absolute Gasteiger partial charge is 0.452 e. The van der Waals surface area contributed by atoms with Crippen LogP contribution in [0.1, 0.15) is 38.4 Å². The fourth-order valence-corrected chi connectivity index (χ4v) is 4.35. The number of sulfonamides is 1. The Morgan fingerprint density at radius 3 is 2.74 bits per heavy atom. The maximum atomic E-state index is 12.3. The Labute approximate surface area is 122 Å². The molecule has 19 heavy (non-hydrogen) atoms. The molecular formula is C12H19BrN2O3S. The third-order valence-corrected chi connectivity index (χ3v) is 5.70. The Bertz CT molecular complexity index is 537. The number of nitrogens with two attached hydrogens (primary N) is 1. The Hall–Kier alpha value is -0.370. The highest BCUT2D eigenvalue weighted by Gasteiger charge is 2.29. The molecule has 2 rings (SSSR count). The zero-order chi connectivity index (χ0) is 14.0. The van der Waals surface area contributed by atoms with E-state index in [1.54, 1.807) is 0 Å². The number of hydrogen-bond donors (Lipinski definition) is 2. The van der Waals surface area contributed by atoms with Crippen LogP contribution < -0.4 is 10.5 Å². The molecule has 1 saturated carbocycles. The van der Waals surface area contributed by atoms with E-state index in [4.69, 9.17) is 10.2 Å². The van der Waals surface area contributed by atoms with Crippen LogP contribution in [0.25, 0.3) is 0 Å². The standard InChI is InChI=1S/C12H19BrN2O3S/c1-2-9(5-8-3-4-8)15-19(16,17)11-6-10(7-14)18-12(11)13/h6,8-9,15H,2-5,7,14H2,1H3. The van der Waals surface area contributed by atoms with Crippen molar-refractivity contribution < 1.29 is 12.8 Å². The van der Waals surface area contributed by atoms with Gasteiger partial charge in [-0.15, -0.1) is 0 Å². The lowest BCUT2D eigenvalue weighted by Crippen LogP contribution is -2.34. The Morgan fingerprint density at radius 2 is 2.26 bits per heavy atom. The molecule has 1 aliphatic rings. The molecule has 0 saturated heterocycles. The molecule has 0 radical (unpaired) electrons. The summed E-state index contributed by atoms with van der Waals surface area (Å²) in [5.74, 6) is 1.13.